The molecule has 0 aliphatic heterocycles. The molecule has 1 heterocycles. The second kappa shape index (κ2) is 5.29. The summed E-state index contributed by atoms with van der Waals surface area (Å²) in [5.41, 5.74) is -0.171. The average Bonchev–Trinajstić information content (AvgIpc) is 2.76. The Labute approximate surface area is 112 Å². The summed E-state index contributed by atoms with van der Waals surface area (Å²) in [5, 5.41) is 12.9. The number of aromatic nitrogens is 1. The number of hydrogen-bond acceptors (Lipinski definition) is 4. The number of carbonyl (C=O) groups is 1. The molecule has 0 saturated carbocycles. The maximum absolute atomic E-state index is 10.6. The zero-order valence-electron chi connectivity index (χ0n) is 8.89. The molecule has 0 radical (unpaired) electrons. The van der Waals surface area contributed by atoms with E-state index >= 15 is 0 Å². The fraction of sp³-hybridized carbons (Fsp3) is 0.0909. The summed E-state index contributed by atoms with van der Waals surface area (Å²) in [6.07, 6.45) is 0. The molecule has 0 spiro atoms. The van der Waals surface area contributed by atoms with Gasteiger partial charge >= 0.3 is 5.97 Å². The van der Waals surface area contributed by atoms with Gasteiger partial charge in [0.2, 0.25) is 0 Å². The number of aromatic carboxylic acids is 1. The summed E-state index contributed by atoms with van der Waals surface area (Å²) in [5.74, 6) is -0.442. The topological polar surface area (TPSA) is 72.6 Å². The monoisotopic (exact) mass is 287 g/mol. The normalized spacial score (nSPS) is 10.3. The third kappa shape index (κ3) is 2.94. The molecular formula is C11H7Cl2NO4. The fourth-order valence-electron chi connectivity index (χ4n) is 1.22. The van der Waals surface area contributed by atoms with Crippen LogP contribution in [0, 0.1) is 0 Å². The highest BCUT2D eigenvalue weighted by atomic mass is 35.5. The van der Waals surface area contributed by atoms with Crippen LogP contribution in [0.4, 0.5) is 0 Å². The van der Waals surface area contributed by atoms with Crippen molar-refractivity contribution in [3.05, 3.63) is 45.8 Å². The lowest BCUT2D eigenvalue weighted by Crippen LogP contribution is -1.96. The number of carboxylic acid groups (broad SMARTS) is 1. The molecule has 2 aromatic rings. The first-order chi connectivity index (χ1) is 8.56. The van der Waals surface area contributed by atoms with Crippen molar-refractivity contribution < 1.29 is 19.2 Å². The number of nitrogens with zero attached hydrogens (tertiary/aromatic N) is 1. The van der Waals surface area contributed by atoms with Gasteiger partial charge in [-0.25, -0.2) is 4.79 Å². The van der Waals surface area contributed by atoms with E-state index in [1.165, 1.54) is 6.07 Å². The maximum Gasteiger partial charge on any atom is 0.358 e. The van der Waals surface area contributed by atoms with Gasteiger partial charge in [-0.1, -0.05) is 28.4 Å². The van der Waals surface area contributed by atoms with Gasteiger partial charge in [0.15, 0.2) is 11.5 Å². The summed E-state index contributed by atoms with van der Waals surface area (Å²) in [6.45, 7) is 0.0294. The molecular weight excluding hydrogens is 281 g/mol. The molecule has 0 fully saturated rings. The van der Waals surface area contributed by atoms with Gasteiger partial charge in [0.1, 0.15) is 12.4 Å². The van der Waals surface area contributed by atoms with Gasteiger partial charge in [-0.05, 0) is 18.2 Å². The Morgan fingerprint density at radius 1 is 1.39 bits per heavy atom. The summed E-state index contributed by atoms with van der Waals surface area (Å²) < 4.78 is 10.1. The minimum Gasteiger partial charge on any atom is -0.484 e. The molecule has 0 saturated heterocycles. The lowest BCUT2D eigenvalue weighted by atomic mass is 10.3. The maximum atomic E-state index is 10.6. The van der Waals surface area contributed by atoms with Gasteiger partial charge in [-0.2, -0.15) is 0 Å². The minimum absolute atomic E-state index is 0.0294. The lowest BCUT2D eigenvalue weighted by molar-refractivity contribution is 0.0685. The number of halogens is 2. The largest absolute Gasteiger partial charge is 0.484 e. The van der Waals surface area contributed by atoms with Crippen LogP contribution in [0.15, 0.2) is 28.8 Å². The Kier molecular flexibility index (Phi) is 3.74. The number of carboxylic acids is 1. The van der Waals surface area contributed by atoms with E-state index in [-0.39, 0.29) is 12.3 Å². The highest BCUT2D eigenvalue weighted by Gasteiger charge is 2.11. The third-order valence-corrected chi connectivity index (χ3v) is 2.57. The highest BCUT2D eigenvalue weighted by molar-refractivity contribution is 6.35. The first-order valence-electron chi connectivity index (χ1n) is 4.83. The predicted molar refractivity (Wildman–Crippen MR) is 64.3 cm³/mol. The van der Waals surface area contributed by atoms with E-state index in [1.807, 2.05) is 0 Å². The first kappa shape index (κ1) is 12.7. The number of rotatable bonds is 4. The van der Waals surface area contributed by atoms with E-state index in [0.717, 1.165) is 0 Å². The molecule has 2 rings (SSSR count). The second-order valence-electron chi connectivity index (χ2n) is 3.35. The Morgan fingerprint density at radius 2 is 2.17 bits per heavy atom. The lowest BCUT2D eigenvalue weighted by Gasteiger charge is -2.05. The summed E-state index contributed by atoms with van der Waals surface area (Å²) in [7, 11) is 0. The van der Waals surface area contributed by atoms with Crippen molar-refractivity contribution in [1.29, 1.82) is 0 Å². The molecule has 0 amide bonds. The third-order valence-electron chi connectivity index (χ3n) is 2.04. The number of hydrogen-bond donors (Lipinski definition) is 1. The van der Waals surface area contributed by atoms with Crippen LogP contribution in [-0.2, 0) is 6.61 Å². The van der Waals surface area contributed by atoms with Gasteiger partial charge in [0, 0.05) is 11.1 Å². The van der Waals surface area contributed by atoms with Gasteiger partial charge in [-0.3, -0.25) is 0 Å². The van der Waals surface area contributed by atoms with E-state index in [0.29, 0.717) is 21.6 Å². The fourth-order valence-corrected chi connectivity index (χ4v) is 1.69. The Morgan fingerprint density at radius 3 is 2.78 bits per heavy atom. The van der Waals surface area contributed by atoms with Gasteiger partial charge in [-0.15, -0.1) is 0 Å². The van der Waals surface area contributed by atoms with Crippen LogP contribution in [0.5, 0.6) is 5.75 Å². The van der Waals surface area contributed by atoms with Crippen LogP contribution in [0.1, 0.15) is 16.2 Å². The molecule has 1 N–H and O–H groups in total. The molecule has 0 unspecified atom stereocenters. The van der Waals surface area contributed by atoms with E-state index in [2.05, 4.69) is 5.16 Å². The van der Waals surface area contributed by atoms with E-state index < -0.39 is 5.97 Å². The molecule has 1 aromatic heterocycles. The number of benzene rings is 1. The van der Waals surface area contributed by atoms with Crippen LogP contribution in [0.25, 0.3) is 0 Å². The Balaban J connectivity index is 2.04. The van der Waals surface area contributed by atoms with Gasteiger partial charge < -0.3 is 14.4 Å². The van der Waals surface area contributed by atoms with Crippen molar-refractivity contribution in [3.8, 4) is 5.75 Å². The standard InChI is InChI=1S/C11H7Cl2NO4/c12-6-1-2-10(8(13)3-6)17-5-7-4-9(11(15)16)14-18-7/h1-4H,5H2,(H,15,16). The molecule has 7 heteroatoms. The van der Waals surface area contributed by atoms with Crippen molar-refractivity contribution >= 4 is 29.2 Å². The van der Waals surface area contributed by atoms with Crippen LogP contribution < -0.4 is 4.74 Å². The van der Waals surface area contributed by atoms with E-state index in [1.54, 1.807) is 18.2 Å². The Bertz CT molecular complexity index is 582. The highest BCUT2D eigenvalue weighted by Crippen LogP contribution is 2.28. The first-order valence-corrected chi connectivity index (χ1v) is 5.58. The second-order valence-corrected chi connectivity index (χ2v) is 4.19. The zero-order chi connectivity index (χ0) is 13.1. The molecule has 5 nitrogen and oxygen atoms in total. The molecule has 94 valence electrons. The molecule has 0 aliphatic rings. The quantitative estimate of drug-likeness (QED) is 0.934. The van der Waals surface area contributed by atoms with Gasteiger partial charge in [0.05, 0.1) is 5.02 Å². The van der Waals surface area contributed by atoms with Crippen molar-refractivity contribution in [2.75, 3.05) is 0 Å². The van der Waals surface area contributed by atoms with Crippen LogP contribution in [-0.4, -0.2) is 16.2 Å². The minimum atomic E-state index is -1.16. The SMILES string of the molecule is O=C(O)c1cc(COc2ccc(Cl)cc2Cl)on1. The average molecular weight is 288 g/mol. The molecule has 0 atom stereocenters. The van der Waals surface area contributed by atoms with Crippen molar-refractivity contribution in [2.24, 2.45) is 0 Å². The van der Waals surface area contributed by atoms with Crippen LogP contribution in [0.3, 0.4) is 0 Å². The smallest absolute Gasteiger partial charge is 0.358 e. The van der Waals surface area contributed by atoms with Crippen molar-refractivity contribution in [2.45, 2.75) is 6.61 Å². The Hall–Kier alpha value is -1.72. The van der Waals surface area contributed by atoms with Crippen molar-refractivity contribution in [3.63, 3.8) is 0 Å². The molecule has 0 bridgehead atoms. The van der Waals surface area contributed by atoms with E-state index in [9.17, 15) is 4.79 Å². The molecule has 18 heavy (non-hydrogen) atoms. The summed E-state index contributed by atoms with van der Waals surface area (Å²) >= 11 is 11.6. The van der Waals surface area contributed by atoms with E-state index in [4.69, 9.17) is 37.6 Å². The summed E-state index contributed by atoms with van der Waals surface area (Å²) in [4.78, 5) is 10.6. The molecule has 0 aliphatic carbocycles. The zero-order valence-corrected chi connectivity index (χ0v) is 10.4. The predicted octanol–water partition coefficient (Wildman–Crippen LogP) is 3.26. The number of ether oxygens (including phenoxy) is 1. The van der Waals surface area contributed by atoms with Gasteiger partial charge in [0.25, 0.3) is 0 Å². The summed E-state index contributed by atoms with van der Waals surface area (Å²) in [6, 6.07) is 6.07. The van der Waals surface area contributed by atoms with Crippen molar-refractivity contribution in [1.82, 2.24) is 5.16 Å². The molecule has 1 aromatic carbocycles. The van der Waals surface area contributed by atoms with Crippen LogP contribution >= 0.6 is 23.2 Å². The van der Waals surface area contributed by atoms with Crippen LogP contribution in [0.2, 0.25) is 10.0 Å².